The summed E-state index contributed by atoms with van der Waals surface area (Å²) < 4.78 is 23.8. The van der Waals surface area contributed by atoms with Crippen LogP contribution in [0.4, 0.5) is 10.1 Å². The zero-order chi connectivity index (χ0) is 17.5. The first-order chi connectivity index (χ1) is 11.5. The van der Waals surface area contributed by atoms with Crippen LogP contribution in [0.2, 0.25) is 0 Å². The molecule has 0 aliphatic rings. The molecule has 0 saturated heterocycles. The van der Waals surface area contributed by atoms with Gasteiger partial charge in [-0.05, 0) is 24.3 Å². The number of hydrogen-bond acceptors (Lipinski definition) is 4. The van der Waals surface area contributed by atoms with Crippen LogP contribution in [-0.4, -0.2) is 25.9 Å². The first-order valence-electron chi connectivity index (χ1n) is 7.34. The average molecular weight is 331 g/mol. The predicted molar refractivity (Wildman–Crippen MR) is 88.1 cm³/mol. The third-order valence-corrected chi connectivity index (χ3v) is 3.44. The summed E-state index contributed by atoms with van der Waals surface area (Å²) in [5.74, 6) is -0.310. The van der Waals surface area contributed by atoms with E-state index < -0.39 is 11.6 Å². The molecule has 0 radical (unpaired) electrons. The quantitative estimate of drug-likeness (QED) is 0.789. The van der Waals surface area contributed by atoms with E-state index in [1.165, 1.54) is 32.4 Å². The maximum Gasteiger partial charge on any atom is 0.224 e. The van der Waals surface area contributed by atoms with Crippen LogP contribution in [0.3, 0.4) is 0 Å². The second-order valence-corrected chi connectivity index (χ2v) is 5.02. The lowest BCUT2D eigenvalue weighted by molar-refractivity contribution is -0.116. The van der Waals surface area contributed by atoms with Crippen LogP contribution in [0.15, 0.2) is 42.5 Å². The van der Waals surface area contributed by atoms with Crippen molar-refractivity contribution < 1.29 is 23.5 Å². The normalized spacial score (nSPS) is 10.1. The number of benzene rings is 2. The lowest BCUT2D eigenvalue weighted by atomic mass is 10.1. The van der Waals surface area contributed by atoms with Gasteiger partial charge in [0.25, 0.3) is 0 Å². The lowest BCUT2D eigenvalue weighted by Crippen LogP contribution is -2.14. The van der Waals surface area contributed by atoms with Crippen molar-refractivity contribution in [1.29, 1.82) is 0 Å². The van der Waals surface area contributed by atoms with Gasteiger partial charge in [-0.2, -0.15) is 0 Å². The maximum absolute atomic E-state index is 13.5. The Labute approximate surface area is 139 Å². The van der Waals surface area contributed by atoms with Gasteiger partial charge in [0.05, 0.1) is 25.5 Å². The van der Waals surface area contributed by atoms with Crippen molar-refractivity contribution in [2.24, 2.45) is 0 Å². The number of amides is 1. The Morgan fingerprint density at radius 1 is 1.04 bits per heavy atom. The van der Waals surface area contributed by atoms with Crippen molar-refractivity contribution in [1.82, 2.24) is 0 Å². The molecule has 0 aliphatic heterocycles. The Balaban J connectivity index is 1.96. The fourth-order valence-corrected chi connectivity index (χ4v) is 2.16. The zero-order valence-corrected chi connectivity index (χ0v) is 13.5. The van der Waals surface area contributed by atoms with Gasteiger partial charge in [-0.15, -0.1) is 0 Å². The highest BCUT2D eigenvalue weighted by Gasteiger charge is 2.14. The lowest BCUT2D eigenvalue weighted by Gasteiger charge is -2.11. The summed E-state index contributed by atoms with van der Waals surface area (Å²) in [7, 11) is 3.01. The van der Waals surface area contributed by atoms with Crippen LogP contribution in [0.5, 0.6) is 11.5 Å². The number of Topliss-reactive ketones (excluding diaryl/α,β-unsaturated/α-hetero) is 1. The molecule has 5 nitrogen and oxygen atoms in total. The van der Waals surface area contributed by atoms with E-state index in [1.54, 1.807) is 24.3 Å². The highest BCUT2D eigenvalue weighted by molar-refractivity contribution is 6.00. The van der Waals surface area contributed by atoms with E-state index in [2.05, 4.69) is 5.32 Å². The number of carbonyl (C=O) groups excluding carboxylic acids is 2. The van der Waals surface area contributed by atoms with Crippen LogP contribution in [0.25, 0.3) is 0 Å². The number of methoxy groups -OCH3 is 2. The topological polar surface area (TPSA) is 64.6 Å². The number of ether oxygens (including phenoxy) is 2. The predicted octanol–water partition coefficient (Wildman–Crippen LogP) is 3.44. The molecule has 2 aromatic rings. The van der Waals surface area contributed by atoms with E-state index in [1.807, 2.05) is 0 Å². The molecule has 0 saturated carbocycles. The molecule has 2 rings (SSSR count). The molecule has 0 heterocycles. The van der Waals surface area contributed by atoms with Crippen LogP contribution < -0.4 is 14.8 Å². The molecule has 0 unspecified atom stereocenters. The third kappa shape index (κ3) is 4.32. The number of ketones is 1. The molecule has 0 bridgehead atoms. The molecular weight excluding hydrogens is 313 g/mol. The minimum atomic E-state index is -0.584. The van der Waals surface area contributed by atoms with Crippen LogP contribution in [0, 0.1) is 5.82 Å². The molecule has 1 amide bonds. The van der Waals surface area contributed by atoms with Crippen LogP contribution >= 0.6 is 0 Å². The molecule has 126 valence electrons. The summed E-state index contributed by atoms with van der Waals surface area (Å²) in [5, 5.41) is 2.67. The molecule has 0 aliphatic carbocycles. The summed E-state index contributed by atoms with van der Waals surface area (Å²) in [6.07, 6.45) is -0.131. The van der Waals surface area contributed by atoms with Gasteiger partial charge in [-0.25, -0.2) is 4.39 Å². The number of halogens is 1. The van der Waals surface area contributed by atoms with Gasteiger partial charge in [-0.3, -0.25) is 9.59 Å². The SMILES string of the molecule is COc1ccc(NC(=O)CCC(=O)c2ccccc2F)c(OC)c1. The minimum Gasteiger partial charge on any atom is -0.497 e. The van der Waals surface area contributed by atoms with Crippen molar-refractivity contribution in [2.45, 2.75) is 12.8 Å². The maximum atomic E-state index is 13.5. The van der Waals surface area contributed by atoms with E-state index in [4.69, 9.17) is 9.47 Å². The largest absolute Gasteiger partial charge is 0.497 e. The van der Waals surface area contributed by atoms with Crippen LogP contribution in [0.1, 0.15) is 23.2 Å². The Morgan fingerprint density at radius 3 is 2.46 bits per heavy atom. The highest BCUT2D eigenvalue weighted by atomic mass is 19.1. The van der Waals surface area contributed by atoms with E-state index in [0.717, 1.165) is 0 Å². The number of carbonyl (C=O) groups is 2. The average Bonchev–Trinajstić information content (AvgIpc) is 2.60. The van der Waals surface area contributed by atoms with Gasteiger partial charge in [-0.1, -0.05) is 12.1 Å². The van der Waals surface area contributed by atoms with E-state index in [-0.39, 0.29) is 24.3 Å². The molecule has 0 atom stereocenters. The highest BCUT2D eigenvalue weighted by Crippen LogP contribution is 2.29. The van der Waals surface area contributed by atoms with Crippen molar-refractivity contribution in [3.8, 4) is 11.5 Å². The first kappa shape index (κ1) is 17.5. The van der Waals surface area contributed by atoms with Gasteiger partial charge in [0, 0.05) is 18.9 Å². The fraction of sp³-hybridized carbons (Fsp3) is 0.222. The molecule has 0 fully saturated rings. The summed E-state index contributed by atoms with van der Waals surface area (Å²) >= 11 is 0. The monoisotopic (exact) mass is 331 g/mol. The number of anilines is 1. The van der Waals surface area contributed by atoms with Crippen molar-refractivity contribution in [3.63, 3.8) is 0 Å². The summed E-state index contributed by atoms with van der Waals surface area (Å²) in [4.78, 5) is 24.0. The molecule has 24 heavy (non-hydrogen) atoms. The number of rotatable bonds is 7. The van der Waals surface area contributed by atoms with Crippen molar-refractivity contribution >= 4 is 17.4 Å². The Kier molecular flexibility index (Phi) is 5.89. The Hall–Kier alpha value is -2.89. The Morgan fingerprint density at radius 2 is 1.79 bits per heavy atom. The van der Waals surface area contributed by atoms with Crippen LogP contribution in [-0.2, 0) is 4.79 Å². The summed E-state index contributed by atoms with van der Waals surface area (Å²) in [6.45, 7) is 0. The zero-order valence-electron chi connectivity index (χ0n) is 13.5. The smallest absolute Gasteiger partial charge is 0.224 e. The van der Waals surface area contributed by atoms with Gasteiger partial charge < -0.3 is 14.8 Å². The minimum absolute atomic E-state index is 0.00710. The van der Waals surface area contributed by atoms with Gasteiger partial charge >= 0.3 is 0 Å². The van der Waals surface area contributed by atoms with E-state index in [0.29, 0.717) is 17.2 Å². The van der Waals surface area contributed by atoms with Gasteiger partial charge in [0.1, 0.15) is 17.3 Å². The van der Waals surface area contributed by atoms with Crippen molar-refractivity contribution in [2.75, 3.05) is 19.5 Å². The second-order valence-electron chi connectivity index (χ2n) is 5.02. The first-order valence-corrected chi connectivity index (χ1v) is 7.34. The number of hydrogen-bond donors (Lipinski definition) is 1. The van der Waals surface area contributed by atoms with E-state index in [9.17, 15) is 14.0 Å². The molecule has 0 spiro atoms. The fourth-order valence-electron chi connectivity index (χ4n) is 2.16. The molecular formula is C18H18FNO4. The summed E-state index contributed by atoms with van der Waals surface area (Å²) in [5.41, 5.74) is 0.467. The van der Waals surface area contributed by atoms with Gasteiger partial charge in [0.2, 0.25) is 5.91 Å². The number of nitrogens with one attached hydrogen (secondary N) is 1. The standard InChI is InChI=1S/C18H18FNO4/c1-23-12-7-8-15(17(11-12)24-2)20-18(22)10-9-16(21)13-5-3-4-6-14(13)19/h3-8,11H,9-10H2,1-2H3,(H,20,22). The third-order valence-electron chi connectivity index (χ3n) is 3.44. The van der Waals surface area contributed by atoms with E-state index >= 15 is 0 Å². The summed E-state index contributed by atoms with van der Waals surface area (Å²) in [6, 6.07) is 10.7. The molecule has 6 heteroatoms. The molecule has 1 N–H and O–H groups in total. The molecule has 2 aromatic carbocycles. The van der Waals surface area contributed by atoms with Crippen molar-refractivity contribution in [3.05, 3.63) is 53.8 Å². The molecule has 0 aromatic heterocycles. The second kappa shape index (κ2) is 8.10. The Bertz CT molecular complexity index is 746. The van der Waals surface area contributed by atoms with Gasteiger partial charge in [0.15, 0.2) is 5.78 Å².